The highest BCUT2D eigenvalue weighted by molar-refractivity contribution is 5.84. The zero-order valence-corrected chi connectivity index (χ0v) is 12.7. The number of benzene rings is 1. The molecule has 1 aliphatic rings. The first-order chi connectivity index (χ1) is 10.1. The molecule has 0 unspecified atom stereocenters. The monoisotopic (exact) mass is 289 g/mol. The zero-order valence-electron chi connectivity index (χ0n) is 12.7. The summed E-state index contributed by atoms with van der Waals surface area (Å²) in [6.07, 6.45) is 0.876. The Labute approximate surface area is 125 Å². The van der Waals surface area contributed by atoms with Crippen LogP contribution in [-0.2, 0) is 17.8 Å². The second-order valence-electron chi connectivity index (χ2n) is 5.79. The van der Waals surface area contributed by atoms with Crippen LogP contribution in [0.25, 0.3) is 0 Å². The number of rotatable bonds is 4. The predicted octanol–water partition coefficient (Wildman–Crippen LogP) is 1.53. The summed E-state index contributed by atoms with van der Waals surface area (Å²) in [6.45, 7) is 6.05. The Balaban J connectivity index is 1.78. The fourth-order valence-corrected chi connectivity index (χ4v) is 2.34. The lowest BCUT2D eigenvalue weighted by Gasteiger charge is -2.29. The van der Waals surface area contributed by atoms with Gasteiger partial charge >= 0.3 is 6.03 Å². The van der Waals surface area contributed by atoms with Crippen molar-refractivity contribution >= 4 is 11.9 Å². The van der Waals surface area contributed by atoms with Gasteiger partial charge in [0, 0.05) is 19.6 Å². The quantitative estimate of drug-likeness (QED) is 0.883. The number of hydrogen-bond donors (Lipinski definition) is 2. The third kappa shape index (κ3) is 4.48. The standard InChI is InChI=1S/C16H23N3O2/c1-12(2)9-17-16(21)18-10-15(20)19-8-7-13-5-3-4-6-14(13)11-19/h3-6,12H,7-11H2,1-2H3,(H2,17,18,21). The largest absolute Gasteiger partial charge is 0.338 e. The number of fused-ring (bicyclic) bond motifs is 1. The van der Waals surface area contributed by atoms with Gasteiger partial charge < -0.3 is 15.5 Å². The minimum Gasteiger partial charge on any atom is -0.338 e. The van der Waals surface area contributed by atoms with Crippen LogP contribution in [0.2, 0.25) is 0 Å². The molecule has 1 heterocycles. The minimum absolute atomic E-state index is 0.0378. The van der Waals surface area contributed by atoms with Crippen LogP contribution in [0.1, 0.15) is 25.0 Å². The number of urea groups is 1. The summed E-state index contributed by atoms with van der Waals surface area (Å²) in [4.78, 5) is 25.5. The number of amides is 3. The molecule has 0 atom stereocenters. The lowest BCUT2D eigenvalue weighted by Crippen LogP contribution is -2.45. The molecule has 0 aliphatic carbocycles. The molecule has 0 saturated heterocycles. The van der Waals surface area contributed by atoms with E-state index >= 15 is 0 Å². The van der Waals surface area contributed by atoms with Crippen molar-refractivity contribution in [3.05, 3.63) is 35.4 Å². The Morgan fingerprint density at radius 2 is 1.90 bits per heavy atom. The molecule has 5 nitrogen and oxygen atoms in total. The molecule has 0 fully saturated rings. The third-order valence-electron chi connectivity index (χ3n) is 3.55. The van der Waals surface area contributed by atoms with E-state index in [0.29, 0.717) is 25.6 Å². The van der Waals surface area contributed by atoms with E-state index in [9.17, 15) is 9.59 Å². The smallest absolute Gasteiger partial charge is 0.315 e. The molecule has 21 heavy (non-hydrogen) atoms. The maximum absolute atomic E-state index is 12.1. The Bertz CT molecular complexity index is 514. The second kappa shape index (κ2) is 7.11. The predicted molar refractivity (Wildman–Crippen MR) is 81.8 cm³/mol. The molecule has 1 aromatic rings. The molecule has 114 valence electrons. The van der Waals surface area contributed by atoms with E-state index in [1.54, 1.807) is 4.90 Å². The molecule has 1 aliphatic heterocycles. The van der Waals surface area contributed by atoms with Crippen molar-refractivity contribution in [2.45, 2.75) is 26.8 Å². The Morgan fingerprint density at radius 3 is 2.62 bits per heavy atom. The van der Waals surface area contributed by atoms with Gasteiger partial charge in [0.15, 0.2) is 0 Å². The van der Waals surface area contributed by atoms with Gasteiger partial charge in [-0.15, -0.1) is 0 Å². The molecule has 0 bridgehead atoms. The van der Waals surface area contributed by atoms with Crippen molar-refractivity contribution in [2.24, 2.45) is 5.92 Å². The number of carbonyl (C=O) groups is 2. The van der Waals surface area contributed by atoms with E-state index < -0.39 is 0 Å². The number of carbonyl (C=O) groups excluding carboxylic acids is 2. The first kappa shape index (κ1) is 15.4. The summed E-state index contributed by atoms with van der Waals surface area (Å²) in [6, 6.07) is 7.89. The van der Waals surface area contributed by atoms with Crippen LogP contribution >= 0.6 is 0 Å². The van der Waals surface area contributed by atoms with E-state index in [1.807, 2.05) is 26.0 Å². The van der Waals surface area contributed by atoms with Gasteiger partial charge in [0.2, 0.25) is 5.91 Å². The molecule has 0 spiro atoms. The van der Waals surface area contributed by atoms with Crippen LogP contribution in [0.15, 0.2) is 24.3 Å². The number of hydrogen-bond acceptors (Lipinski definition) is 2. The Hall–Kier alpha value is -2.04. The normalized spacial score (nSPS) is 13.8. The van der Waals surface area contributed by atoms with E-state index in [0.717, 1.165) is 6.42 Å². The van der Waals surface area contributed by atoms with Crippen molar-refractivity contribution in [3.8, 4) is 0 Å². The molecule has 0 aromatic heterocycles. The van der Waals surface area contributed by atoms with Gasteiger partial charge in [0.1, 0.15) is 0 Å². The van der Waals surface area contributed by atoms with Gasteiger partial charge in [-0.05, 0) is 23.5 Å². The van der Waals surface area contributed by atoms with E-state index in [4.69, 9.17) is 0 Å². The van der Waals surface area contributed by atoms with Crippen molar-refractivity contribution < 1.29 is 9.59 Å². The van der Waals surface area contributed by atoms with Crippen LogP contribution in [0.3, 0.4) is 0 Å². The molecule has 2 rings (SSSR count). The topological polar surface area (TPSA) is 61.4 Å². The Morgan fingerprint density at radius 1 is 1.19 bits per heavy atom. The summed E-state index contributed by atoms with van der Waals surface area (Å²) in [7, 11) is 0. The lowest BCUT2D eigenvalue weighted by atomic mass is 10.00. The highest BCUT2D eigenvalue weighted by Crippen LogP contribution is 2.18. The fraction of sp³-hybridized carbons (Fsp3) is 0.500. The van der Waals surface area contributed by atoms with Crippen molar-refractivity contribution in [1.82, 2.24) is 15.5 Å². The molecule has 2 N–H and O–H groups in total. The molecule has 0 radical (unpaired) electrons. The summed E-state index contributed by atoms with van der Waals surface area (Å²) < 4.78 is 0. The second-order valence-corrected chi connectivity index (χ2v) is 5.79. The van der Waals surface area contributed by atoms with Crippen LogP contribution in [0, 0.1) is 5.92 Å². The average molecular weight is 289 g/mol. The zero-order chi connectivity index (χ0) is 15.2. The maximum Gasteiger partial charge on any atom is 0.315 e. The van der Waals surface area contributed by atoms with E-state index in [2.05, 4.69) is 22.8 Å². The van der Waals surface area contributed by atoms with Gasteiger partial charge in [-0.1, -0.05) is 38.1 Å². The molecule has 1 aromatic carbocycles. The molecular weight excluding hydrogens is 266 g/mol. The lowest BCUT2D eigenvalue weighted by molar-refractivity contribution is -0.130. The highest BCUT2D eigenvalue weighted by Gasteiger charge is 2.20. The number of nitrogens with zero attached hydrogens (tertiary/aromatic N) is 1. The minimum atomic E-state index is -0.283. The van der Waals surface area contributed by atoms with Gasteiger partial charge in [0.25, 0.3) is 0 Å². The van der Waals surface area contributed by atoms with E-state index in [1.165, 1.54) is 11.1 Å². The van der Waals surface area contributed by atoms with Crippen molar-refractivity contribution in [3.63, 3.8) is 0 Å². The summed E-state index contributed by atoms with van der Waals surface area (Å²) in [5, 5.41) is 5.35. The highest BCUT2D eigenvalue weighted by atomic mass is 16.2. The number of nitrogens with one attached hydrogen (secondary N) is 2. The van der Waals surface area contributed by atoms with Crippen molar-refractivity contribution in [2.75, 3.05) is 19.6 Å². The summed E-state index contributed by atoms with van der Waals surface area (Å²) in [5.41, 5.74) is 2.51. The van der Waals surface area contributed by atoms with Crippen molar-refractivity contribution in [1.29, 1.82) is 0 Å². The van der Waals surface area contributed by atoms with Gasteiger partial charge in [0.05, 0.1) is 6.54 Å². The Kier molecular flexibility index (Phi) is 5.20. The molecular formula is C16H23N3O2. The summed E-state index contributed by atoms with van der Waals surface area (Å²) in [5.74, 6) is 0.356. The van der Waals surface area contributed by atoms with Crippen LogP contribution in [0.4, 0.5) is 4.79 Å². The molecule has 5 heteroatoms. The van der Waals surface area contributed by atoms with E-state index in [-0.39, 0.29) is 18.5 Å². The first-order valence-corrected chi connectivity index (χ1v) is 7.42. The molecule has 3 amide bonds. The first-order valence-electron chi connectivity index (χ1n) is 7.42. The third-order valence-corrected chi connectivity index (χ3v) is 3.55. The molecule has 0 saturated carbocycles. The van der Waals surface area contributed by atoms with Crippen LogP contribution in [0.5, 0.6) is 0 Å². The van der Waals surface area contributed by atoms with Gasteiger partial charge in [-0.25, -0.2) is 4.79 Å². The van der Waals surface area contributed by atoms with Gasteiger partial charge in [-0.2, -0.15) is 0 Å². The SMILES string of the molecule is CC(C)CNC(=O)NCC(=O)N1CCc2ccccc2C1. The van der Waals surface area contributed by atoms with Crippen LogP contribution in [-0.4, -0.2) is 36.5 Å². The average Bonchev–Trinajstić information content (AvgIpc) is 2.50. The van der Waals surface area contributed by atoms with Gasteiger partial charge in [-0.3, -0.25) is 4.79 Å². The summed E-state index contributed by atoms with van der Waals surface area (Å²) >= 11 is 0. The maximum atomic E-state index is 12.1. The van der Waals surface area contributed by atoms with Crippen LogP contribution < -0.4 is 10.6 Å². The fourth-order valence-electron chi connectivity index (χ4n) is 2.34.